The Labute approximate surface area is 172 Å². The van der Waals surface area contributed by atoms with Crippen molar-refractivity contribution < 1.29 is 19.8 Å². The standard InChI is InChI=1S/C23H45NO4/c1-2-3-4-5-6-7-8-9-10-11-12-13-14-15-16-17-20-24-21(23(27)28)18-19-22(25)26/h21,24H,2-20H2,1H3,(H,25,26)(H,27,28)/t21-/m0/s1. The Morgan fingerprint density at radius 2 is 1.07 bits per heavy atom. The second-order valence-electron chi connectivity index (χ2n) is 8.08. The van der Waals surface area contributed by atoms with Gasteiger partial charge in [0.1, 0.15) is 6.04 Å². The van der Waals surface area contributed by atoms with Crippen molar-refractivity contribution in [3.8, 4) is 0 Å². The van der Waals surface area contributed by atoms with Gasteiger partial charge in [0, 0.05) is 6.42 Å². The molecular formula is C23H45NO4. The molecule has 5 heteroatoms. The number of carboxylic acids is 2. The third kappa shape index (κ3) is 19.7. The third-order valence-electron chi connectivity index (χ3n) is 5.37. The van der Waals surface area contributed by atoms with Crippen molar-refractivity contribution >= 4 is 11.9 Å². The number of aliphatic carboxylic acids is 2. The first-order valence-electron chi connectivity index (χ1n) is 11.8. The zero-order valence-electron chi connectivity index (χ0n) is 18.2. The summed E-state index contributed by atoms with van der Waals surface area (Å²) in [5.74, 6) is -1.91. The van der Waals surface area contributed by atoms with Crippen molar-refractivity contribution in [1.29, 1.82) is 0 Å². The molecule has 0 aliphatic carbocycles. The Hall–Kier alpha value is -1.10. The zero-order valence-corrected chi connectivity index (χ0v) is 18.2. The molecule has 0 aliphatic rings. The van der Waals surface area contributed by atoms with Crippen molar-refractivity contribution in [2.45, 2.75) is 129 Å². The molecule has 0 fully saturated rings. The lowest BCUT2D eigenvalue weighted by Gasteiger charge is -2.13. The van der Waals surface area contributed by atoms with E-state index in [-0.39, 0.29) is 12.8 Å². The molecule has 166 valence electrons. The smallest absolute Gasteiger partial charge is 0.320 e. The average molecular weight is 400 g/mol. The molecule has 0 aromatic carbocycles. The fourth-order valence-electron chi connectivity index (χ4n) is 3.53. The van der Waals surface area contributed by atoms with E-state index in [9.17, 15) is 9.59 Å². The van der Waals surface area contributed by atoms with Crippen LogP contribution in [0.15, 0.2) is 0 Å². The molecule has 5 nitrogen and oxygen atoms in total. The highest BCUT2D eigenvalue weighted by atomic mass is 16.4. The van der Waals surface area contributed by atoms with Crippen LogP contribution in [0, 0.1) is 0 Å². The topological polar surface area (TPSA) is 86.6 Å². The van der Waals surface area contributed by atoms with E-state index in [4.69, 9.17) is 10.2 Å². The summed E-state index contributed by atoms with van der Waals surface area (Å²) in [6, 6.07) is -0.743. The summed E-state index contributed by atoms with van der Waals surface area (Å²) in [6.45, 7) is 2.91. The highest BCUT2D eigenvalue weighted by Crippen LogP contribution is 2.13. The van der Waals surface area contributed by atoms with E-state index in [1.54, 1.807) is 0 Å². The first kappa shape index (κ1) is 26.9. The number of carbonyl (C=O) groups is 2. The van der Waals surface area contributed by atoms with E-state index in [2.05, 4.69) is 12.2 Å². The monoisotopic (exact) mass is 399 g/mol. The van der Waals surface area contributed by atoms with Gasteiger partial charge in [0.25, 0.3) is 0 Å². The molecule has 28 heavy (non-hydrogen) atoms. The molecule has 3 N–H and O–H groups in total. The van der Waals surface area contributed by atoms with Crippen molar-refractivity contribution in [1.82, 2.24) is 5.32 Å². The van der Waals surface area contributed by atoms with Crippen LogP contribution in [0.1, 0.15) is 122 Å². The summed E-state index contributed by atoms with van der Waals surface area (Å²) >= 11 is 0. The molecule has 0 amide bonds. The van der Waals surface area contributed by atoms with E-state index in [0.717, 1.165) is 12.8 Å². The van der Waals surface area contributed by atoms with Gasteiger partial charge in [0.2, 0.25) is 0 Å². The first-order chi connectivity index (χ1) is 13.6. The van der Waals surface area contributed by atoms with Crippen LogP contribution in [0.2, 0.25) is 0 Å². The van der Waals surface area contributed by atoms with E-state index < -0.39 is 18.0 Å². The fraction of sp³-hybridized carbons (Fsp3) is 0.913. The molecule has 0 saturated heterocycles. The van der Waals surface area contributed by atoms with Gasteiger partial charge in [-0.1, -0.05) is 103 Å². The molecule has 0 heterocycles. The van der Waals surface area contributed by atoms with Crippen LogP contribution >= 0.6 is 0 Å². The highest BCUT2D eigenvalue weighted by molar-refractivity contribution is 5.75. The molecule has 0 aliphatic heterocycles. The van der Waals surface area contributed by atoms with Crippen molar-refractivity contribution in [2.75, 3.05) is 6.54 Å². The van der Waals surface area contributed by atoms with Gasteiger partial charge in [-0.3, -0.25) is 9.59 Å². The summed E-state index contributed by atoms with van der Waals surface area (Å²) in [7, 11) is 0. The Balaban J connectivity index is 3.28. The van der Waals surface area contributed by atoms with Crippen LogP contribution in [0.5, 0.6) is 0 Å². The molecule has 0 spiro atoms. The Morgan fingerprint density at radius 1 is 0.679 bits per heavy atom. The average Bonchev–Trinajstić information content (AvgIpc) is 2.66. The van der Waals surface area contributed by atoms with Gasteiger partial charge in [0.15, 0.2) is 0 Å². The predicted molar refractivity (Wildman–Crippen MR) is 116 cm³/mol. The van der Waals surface area contributed by atoms with Crippen LogP contribution in [0.3, 0.4) is 0 Å². The van der Waals surface area contributed by atoms with Crippen molar-refractivity contribution in [3.05, 3.63) is 0 Å². The number of unbranched alkanes of at least 4 members (excludes halogenated alkanes) is 15. The lowest BCUT2D eigenvalue weighted by molar-refractivity contribution is -0.140. The second kappa shape index (κ2) is 20.6. The van der Waals surface area contributed by atoms with Crippen LogP contribution in [-0.2, 0) is 9.59 Å². The summed E-state index contributed by atoms with van der Waals surface area (Å²) < 4.78 is 0. The van der Waals surface area contributed by atoms with E-state index in [1.165, 1.54) is 89.9 Å². The van der Waals surface area contributed by atoms with E-state index in [1.807, 2.05) is 0 Å². The molecule has 0 radical (unpaired) electrons. The van der Waals surface area contributed by atoms with Crippen LogP contribution in [0.4, 0.5) is 0 Å². The number of nitrogens with one attached hydrogen (secondary N) is 1. The molecule has 0 bridgehead atoms. The lowest BCUT2D eigenvalue weighted by atomic mass is 10.0. The molecule has 0 aromatic rings. The minimum atomic E-state index is -0.960. The Kier molecular flexibility index (Phi) is 19.8. The summed E-state index contributed by atoms with van der Waals surface area (Å²) in [4.78, 5) is 21.6. The molecule has 0 unspecified atom stereocenters. The van der Waals surface area contributed by atoms with Gasteiger partial charge in [0.05, 0.1) is 0 Å². The number of carboxylic acid groups (broad SMARTS) is 2. The Morgan fingerprint density at radius 3 is 1.43 bits per heavy atom. The maximum Gasteiger partial charge on any atom is 0.320 e. The van der Waals surface area contributed by atoms with E-state index in [0.29, 0.717) is 6.54 Å². The lowest BCUT2D eigenvalue weighted by Crippen LogP contribution is -2.37. The van der Waals surface area contributed by atoms with Gasteiger partial charge in [-0.05, 0) is 19.4 Å². The molecule has 0 saturated carbocycles. The SMILES string of the molecule is CCCCCCCCCCCCCCCCCCN[C@@H](CCC(=O)O)C(=O)O. The quantitative estimate of drug-likeness (QED) is 0.190. The van der Waals surface area contributed by atoms with Crippen LogP contribution < -0.4 is 5.32 Å². The minimum Gasteiger partial charge on any atom is -0.481 e. The Bertz CT molecular complexity index is 374. The molecule has 1 atom stereocenters. The number of rotatable bonds is 22. The largest absolute Gasteiger partial charge is 0.481 e. The van der Waals surface area contributed by atoms with Crippen LogP contribution in [0.25, 0.3) is 0 Å². The normalized spacial score (nSPS) is 12.2. The van der Waals surface area contributed by atoms with Gasteiger partial charge in [-0.2, -0.15) is 0 Å². The second-order valence-corrected chi connectivity index (χ2v) is 8.08. The number of hydrogen-bond acceptors (Lipinski definition) is 3. The molecule has 0 aromatic heterocycles. The van der Waals surface area contributed by atoms with Gasteiger partial charge < -0.3 is 15.5 Å². The minimum absolute atomic E-state index is 0.108. The summed E-state index contributed by atoms with van der Waals surface area (Å²) in [5.41, 5.74) is 0. The van der Waals surface area contributed by atoms with Crippen LogP contribution in [-0.4, -0.2) is 34.7 Å². The summed E-state index contributed by atoms with van der Waals surface area (Å²) in [5, 5.41) is 20.7. The fourth-order valence-corrected chi connectivity index (χ4v) is 3.53. The summed E-state index contributed by atoms with van der Waals surface area (Å²) in [6.07, 6.45) is 21.1. The van der Waals surface area contributed by atoms with Crippen molar-refractivity contribution in [2.24, 2.45) is 0 Å². The third-order valence-corrected chi connectivity index (χ3v) is 5.37. The van der Waals surface area contributed by atoms with Gasteiger partial charge in [-0.15, -0.1) is 0 Å². The molecule has 0 rings (SSSR count). The maximum atomic E-state index is 11.1. The number of hydrogen-bond donors (Lipinski definition) is 3. The molecular weight excluding hydrogens is 354 g/mol. The first-order valence-corrected chi connectivity index (χ1v) is 11.8. The van der Waals surface area contributed by atoms with Gasteiger partial charge in [-0.25, -0.2) is 0 Å². The van der Waals surface area contributed by atoms with E-state index >= 15 is 0 Å². The zero-order chi connectivity index (χ0) is 20.9. The predicted octanol–water partition coefficient (Wildman–Crippen LogP) is 6.16. The highest BCUT2D eigenvalue weighted by Gasteiger charge is 2.17. The van der Waals surface area contributed by atoms with Crippen molar-refractivity contribution in [3.63, 3.8) is 0 Å². The van der Waals surface area contributed by atoms with Gasteiger partial charge >= 0.3 is 11.9 Å². The maximum absolute atomic E-state index is 11.1.